The van der Waals surface area contributed by atoms with Gasteiger partial charge in [-0.2, -0.15) is 0 Å². The van der Waals surface area contributed by atoms with Gasteiger partial charge in [0, 0.05) is 0 Å². The van der Waals surface area contributed by atoms with Crippen LogP contribution in [0.5, 0.6) is 0 Å². The average Bonchev–Trinajstić information content (AvgIpc) is 2.61. The van der Waals surface area contributed by atoms with Crippen LogP contribution < -0.4 is 49.6 Å². The Morgan fingerprint density at radius 3 is 1.06 bits per heavy atom. The van der Waals surface area contributed by atoms with Crippen LogP contribution in [-0.4, -0.2) is 14.1 Å². The van der Waals surface area contributed by atoms with Gasteiger partial charge in [-0.15, -0.1) is 0 Å². The quantitative estimate of drug-likeness (QED) is 0.287. The molecule has 0 bridgehead atoms. The minimum atomic E-state index is -0.407. The fourth-order valence-corrected chi connectivity index (χ4v) is 8.31. The van der Waals surface area contributed by atoms with Crippen molar-refractivity contribution < 1.29 is 71.3 Å². The molecule has 2 aromatic carbocycles. The number of benzene rings is 2. The Bertz CT molecular complexity index is 584. The molecule has 0 saturated carbocycles. The molecule has 178 valence electrons. The fraction of sp³-hybridized carbons (Fsp3) is 0.462. The Hall–Kier alpha value is 0.587. The number of hydrogen-bond donors (Lipinski definition) is 0. The second kappa shape index (κ2) is 24.7. The molecule has 0 aromatic heterocycles. The van der Waals surface area contributed by atoms with Gasteiger partial charge in [0.05, 0.1) is 0 Å². The maximum Gasteiger partial charge on any atom is 4.00 e. The topological polar surface area (TPSA) is 0 Å². The summed E-state index contributed by atoms with van der Waals surface area (Å²) in [4.78, 5) is 0. The molecule has 0 spiro atoms. The zero-order valence-corrected chi connectivity index (χ0v) is 26.2. The van der Waals surface area contributed by atoms with Crippen LogP contribution in [0.1, 0.15) is 52.7 Å². The molecule has 0 amide bonds. The summed E-state index contributed by atoms with van der Waals surface area (Å²) in [6.07, 6.45) is 0. The second-order valence-electron chi connectivity index (χ2n) is 8.97. The third-order valence-corrected chi connectivity index (χ3v) is 9.49. The number of rotatable bonds is 8. The van der Waals surface area contributed by atoms with Crippen molar-refractivity contribution in [2.45, 2.75) is 57.4 Å². The van der Waals surface area contributed by atoms with Gasteiger partial charge in [-0.3, -0.25) is 0 Å². The van der Waals surface area contributed by atoms with Gasteiger partial charge >= 0.3 is 21.7 Å². The summed E-state index contributed by atoms with van der Waals surface area (Å²) in [5, 5.41) is 4.66. The van der Waals surface area contributed by atoms with Crippen molar-refractivity contribution in [2.75, 3.05) is 0 Å². The van der Waals surface area contributed by atoms with Crippen molar-refractivity contribution in [1.82, 2.24) is 0 Å². The van der Waals surface area contributed by atoms with Gasteiger partial charge in [-0.1, -0.05) is 142 Å². The van der Waals surface area contributed by atoms with E-state index in [9.17, 15) is 0 Å². The van der Waals surface area contributed by atoms with Gasteiger partial charge in [-0.25, -0.2) is 0 Å². The van der Waals surface area contributed by atoms with Gasteiger partial charge in [0.2, 0.25) is 0 Å². The van der Waals surface area contributed by atoms with Gasteiger partial charge < -0.3 is 49.6 Å². The first-order valence-corrected chi connectivity index (χ1v) is 13.0. The van der Waals surface area contributed by atoms with Crippen LogP contribution in [0.15, 0.2) is 67.2 Å². The zero-order chi connectivity index (χ0) is 20.2. The second-order valence-corrected chi connectivity index (χ2v) is 12.1. The molecule has 0 aliphatic heterocycles. The third kappa shape index (κ3) is 20.0. The third-order valence-electron chi connectivity index (χ3n) is 4.66. The van der Waals surface area contributed by atoms with Crippen molar-refractivity contribution in [1.29, 1.82) is 0 Å². The Morgan fingerprint density at radius 2 is 0.844 bits per heavy atom. The predicted molar refractivity (Wildman–Crippen MR) is 126 cm³/mol. The molecule has 0 aliphatic carbocycles. The maximum absolute atomic E-state index is 4.10. The zero-order valence-electron chi connectivity index (χ0n) is 20.4. The SMILES string of the molecule is C=C(c1ccccc1)c1ccccc1.CC(C)[CH2][Al]([CH2]C(C)C)[CH2]C(C)C.[Cl-].[Cl-].[Cl-].[Cl-].[Ti+4]. The van der Waals surface area contributed by atoms with E-state index in [1.54, 1.807) is 15.8 Å². The molecule has 0 radical (unpaired) electrons. The first-order chi connectivity index (χ1) is 12.8. The Morgan fingerprint density at radius 1 is 0.594 bits per heavy atom. The normalized spacial score (nSPS) is 9.03. The summed E-state index contributed by atoms with van der Waals surface area (Å²) >= 11 is -0.407. The van der Waals surface area contributed by atoms with Crippen molar-refractivity contribution in [2.24, 2.45) is 17.8 Å². The summed E-state index contributed by atoms with van der Waals surface area (Å²) in [6.45, 7) is 18.3. The maximum atomic E-state index is 4.10. The van der Waals surface area contributed by atoms with Gasteiger partial charge in [0.15, 0.2) is 0 Å². The molecule has 0 nitrogen and oxygen atoms in total. The molecular formula is C26H39AlCl4Ti. The van der Waals surface area contributed by atoms with Gasteiger partial charge in [-0.05, 0) is 16.7 Å². The summed E-state index contributed by atoms with van der Waals surface area (Å²) in [5.41, 5.74) is 3.43. The van der Waals surface area contributed by atoms with E-state index in [4.69, 9.17) is 0 Å². The summed E-state index contributed by atoms with van der Waals surface area (Å²) in [5.74, 6) is 2.78. The smallest absolute Gasteiger partial charge is 1.00 e. The Labute approximate surface area is 242 Å². The first-order valence-electron chi connectivity index (χ1n) is 10.6. The molecule has 32 heavy (non-hydrogen) atoms. The molecule has 0 N–H and O–H groups in total. The standard InChI is InChI=1S/C14H12.3C4H9.Al.4ClH.Ti/c1-12(13-8-4-2-5-9-13)14-10-6-3-7-11-14;3*1-4(2)3;;;;;;/h2-11H,1H2;3*4H,1H2,2-3H3;;4*1H;/q;;;;;;;;;+4/p-4. The van der Waals surface area contributed by atoms with Crippen molar-refractivity contribution >= 4 is 19.7 Å². The van der Waals surface area contributed by atoms with E-state index in [0.29, 0.717) is 0 Å². The molecule has 6 heteroatoms. The van der Waals surface area contributed by atoms with E-state index in [1.165, 1.54) is 11.1 Å². The molecular weight excluding hydrogens is 529 g/mol. The first kappa shape index (κ1) is 42.7. The van der Waals surface area contributed by atoms with Crippen LogP contribution in [0.2, 0.25) is 15.8 Å². The minimum Gasteiger partial charge on any atom is -1.00 e. The minimum absolute atomic E-state index is 0. The van der Waals surface area contributed by atoms with Crippen molar-refractivity contribution in [3.63, 3.8) is 0 Å². The van der Waals surface area contributed by atoms with E-state index in [2.05, 4.69) is 72.4 Å². The van der Waals surface area contributed by atoms with Crippen LogP contribution in [0, 0.1) is 17.8 Å². The monoisotopic (exact) mass is 566 g/mol. The molecule has 0 unspecified atom stereocenters. The molecule has 0 heterocycles. The van der Waals surface area contributed by atoms with E-state index in [0.717, 1.165) is 23.3 Å². The largest absolute Gasteiger partial charge is 4.00 e. The van der Waals surface area contributed by atoms with Crippen LogP contribution >= 0.6 is 0 Å². The van der Waals surface area contributed by atoms with Crippen molar-refractivity contribution in [3.05, 3.63) is 78.4 Å². The van der Waals surface area contributed by atoms with Crippen LogP contribution in [0.4, 0.5) is 0 Å². The van der Waals surface area contributed by atoms with E-state index >= 15 is 0 Å². The van der Waals surface area contributed by atoms with E-state index < -0.39 is 14.1 Å². The molecule has 0 saturated heterocycles. The summed E-state index contributed by atoms with van der Waals surface area (Å²) < 4.78 is 0. The van der Waals surface area contributed by atoms with Crippen LogP contribution in [0.3, 0.4) is 0 Å². The number of hydrogen-bond acceptors (Lipinski definition) is 0. The Balaban J connectivity index is -0.000000132. The molecule has 0 atom stereocenters. The van der Waals surface area contributed by atoms with Gasteiger partial charge in [0.25, 0.3) is 14.1 Å². The van der Waals surface area contributed by atoms with Gasteiger partial charge in [0.1, 0.15) is 0 Å². The fourth-order valence-electron chi connectivity index (χ4n) is 3.73. The molecule has 0 aliphatic rings. The van der Waals surface area contributed by atoms with E-state index in [1.807, 2.05) is 36.4 Å². The van der Waals surface area contributed by atoms with Crippen LogP contribution in [0.25, 0.3) is 5.57 Å². The number of halogens is 4. The van der Waals surface area contributed by atoms with Crippen LogP contribution in [-0.2, 0) is 21.7 Å². The summed E-state index contributed by atoms with van der Waals surface area (Å²) in [7, 11) is 0. The van der Waals surface area contributed by atoms with E-state index in [-0.39, 0.29) is 71.3 Å². The molecule has 2 rings (SSSR count). The molecule has 0 fully saturated rings. The predicted octanol–water partition coefficient (Wildman–Crippen LogP) is -3.79. The van der Waals surface area contributed by atoms with Crippen molar-refractivity contribution in [3.8, 4) is 0 Å². The average molecular weight is 568 g/mol. The Kier molecular flexibility index (Phi) is 33.0. The molecule has 2 aromatic rings. The summed E-state index contributed by atoms with van der Waals surface area (Å²) in [6, 6.07) is 20.5.